The van der Waals surface area contributed by atoms with Gasteiger partial charge in [0.2, 0.25) is 0 Å². The molecule has 0 aliphatic rings. The number of imidazole rings is 1. The molecule has 5 heterocycles. The monoisotopic (exact) mass is 389 g/mol. The molecule has 0 saturated heterocycles. The van der Waals surface area contributed by atoms with E-state index in [2.05, 4.69) is 36.2 Å². The van der Waals surface area contributed by atoms with E-state index in [1.54, 1.807) is 18.6 Å². The van der Waals surface area contributed by atoms with E-state index < -0.39 is 0 Å². The third-order valence-corrected chi connectivity index (χ3v) is 5.06. The fraction of sp³-hybridized carbons (Fsp3) is 0. The summed E-state index contributed by atoms with van der Waals surface area (Å²) in [6, 6.07) is 19.7. The minimum Gasteiger partial charge on any atom is -0.336 e. The van der Waals surface area contributed by atoms with Crippen LogP contribution in [0.15, 0.2) is 79.3 Å². The van der Waals surface area contributed by atoms with Gasteiger partial charge in [-0.1, -0.05) is 18.2 Å². The maximum absolute atomic E-state index is 4.83. The molecular formula is C23H15N7. The smallest absolute Gasteiger partial charge is 0.159 e. The first-order valence-electron chi connectivity index (χ1n) is 9.53. The van der Waals surface area contributed by atoms with Crippen molar-refractivity contribution in [1.82, 2.24) is 35.1 Å². The van der Waals surface area contributed by atoms with Gasteiger partial charge in [-0.15, -0.1) is 0 Å². The third-order valence-electron chi connectivity index (χ3n) is 5.06. The second kappa shape index (κ2) is 6.59. The second-order valence-corrected chi connectivity index (χ2v) is 6.90. The van der Waals surface area contributed by atoms with E-state index in [0.29, 0.717) is 5.82 Å². The van der Waals surface area contributed by atoms with Gasteiger partial charge in [-0.3, -0.25) is 20.1 Å². The summed E-state index contributed by atoms with van der Waals surface area (Å²) in [7, 11) is 0. The fourth-order valence-corrected chi connectivity index (χ4v) is 3.63. The van der Waals surface area contributed by atoms with Crippen LogP contribution in [0.2, 0.25) is 0 Å². The lowest BCUT2D eigenvalue weighted by Crippen LogP contribution is -1.88. The number of rotatable bonds is 3. The summed E-state index contributed by atoms with van der Waals surface area (Å²) >= 11 is 0. The van der Waals surface area contributed by atoms with Gasteiger partial charge >= 0.3 is 0 Å². The third kappa shape index (κ3) is 2.64. The number of hydrogen-bond donors (Lipinski definition) is 2. The molecule has 0 spiro atoms. The van der Waals surface area contributed by atoms with Gasteiger partial charge in [0.15, 0.2) is 5.82 Å². The first-order valence-corrected chi connectivity index (χ1v) is 9.53. The van der Waals surface area contributed by atoms with E-state index in [0.717, 1.165) is 50.3 Å². The van der Waals surface area contributed by atoms with Crippen molar-refractivity contribution in [3.63, 3.8) is 0 Å². The Labute approximate surface area is 170 Å². The van der Waals surface area contributed by atoms with Crippen LogP contribution in [0.5, 0.6) is 0 Å². The van der Waals surface area contributed by atoms with Crippen LogP contribution in [0.3, 0.4) is 0 Å². The number of pyridine rings is 3. The van der Waals surface area contributed by atoms with Crippen molar-refractivity contribution in [3.8, 4) is 34.2 Å². The predicted octanol–water partition coefficient (Wildman–Crippen LogP) is 4.63. The molecule has 6 aromatic rings. The quantitative estimate of drug-likeness (QED) is 0.460. The first-order chi connectivity index (χ1) is 14.9. The maximum atomic E-state index is 4.83. The number of H-pyrrole nitrogens is 2. The normalized spacial score (nSPS) is 11.3. The molecule has 0 unspecified atom stereocenters. The number of aromatic amines is 2. The van der Waals surface area contributed by atoms with E-state index in [9.17, 15) is 0 Å². The van der Waals surface area contributed by atoms with Crippen molar-refractivity contribution >= 4 is 21.9 Å². The number of nitrogens with zero attached hydrogens (tertiary/aromatic N) is 5. The zero-order valence-corrected chi connectivity index (χ0v) is 15.7. The summed E-state index contributed by atoms with van der Waals surface area (Å²) in [5.74, 6) is 0.680. The highest BCUT2D eigenvalue weighted by molar-refractivity contribution is 5.97. The van der Waals surface area contributed by atoms with Gasteiger partial charge in [-0.25, -0.2) is 4.98 Å². The number of aromatic nitrogens is 7. The molecule has 0 aliphatic heterocycles. The standard InChI is InChI=1S/C23H15N7/c1-3-10-24-16(5-1)14-7-8-17-15(13-14)20(30-29-17)23-27-19-9-12-26-21(22(19)28-23)18-6-2-4-11-25-18/h1-13H,(H,27,28)(H,29,30). The minimum atomic E-state index is 0.680. The molecule has 7 heteroatoms. The van der Waals surface area contributed by atoms with E-state index in [1.807, 2.05) is 54.6 Å². The predicted molar refractivity (Wildman–Crippen MR) is 115 cm³/mol. The van der Waals surface area contributed by atoms with Crippen molar-refractivity contribution in [2.24, 2.45) is 0 Å². The van der Waals surface area contributed by atoms with Crippen LogP contribution >= 0.6 is 0 Å². The van der Waals surface area contributed by atoms with Crippen LogP contribution < -0.4 is 0 Å². The van der Waals surface area contributed by atoms with Crippen LogP contribution in [0.25, 0.3) is 56.1 Å². The van der Waals surface area contributed by atoms with Crippen LogP contribution in [0, 0.1) is 0 Å². The highest BCUT2D eigenvalue weighted by Crippen LogP contribution is 2.31. The van der Waals surface area contributed by atoms with Crippen molar-refractivity contribution in [2.75, 3.05) is 0 Å². The first kappa shape index (κ1) is 16.6. The Bertz CT molecular complexity index is 1480. The zero-order valence-electron chi connectivity index (χ0n) is 15.7. The van der Waals surface area contributed by atoms with Crippen LogP contribution in [0.1, 0.15) is 0 Å². The summed E-state index contributed by atoms with van der Waals surface area (Å²) in [4.78, 5) is 21.6. The van der Waals surface area contributed by atoms with Gasteiger partial charge in [-0.05, 0) is 42.5 Å². The maximum Gasteiger partial charge on any atom is 0.159 e. The lowest BCUT2D eigenvalue weighted by Gasteiger charge is -2.01. The second-order valence-electron chi connectivity index (χ2n) is 6.90. The van der Waals surface area contributed by atoms with Crippen molar-refractivity contribution in [2.45, 2.75) is 0 Å². The number of fused-ring (bicyclic) bond motifs is 2. The molecule has 6 rings (SSSR count). The van der Waals surface area contributed by atoms with Crippen molar-refractivity contribution in [3.05, 3.63) is 79.3 Å². The van der Waals surface area contributed by atoms with Gasteiger partial charge in [0.25, 0.3) is 0 Å². The molecule has 0 radical (unpaired) electrons. The van der Waals surface area contributed by atoms with Crippen LogP contribution in [-0.4, -0.2) is 35.1 Å². The fourth-order valence-electron chi connectivity index (χ4n) is 3.63. The van der Waals surface area contributed by atoms with Gasteiger partial charge < -0.3 is 4.98 Å². The van der Waals surface area contributed by atoms with Crippen LogP contribution in [-0.2, 0) is 0 Å². The topological polar surface area (TPSA) is 96.0 Å². The molecule has 2 N–H and O–H groups in total. The number of hydrogen-bond acceptors (Lipinski definition) is 5. The molecule has 0 amide bonds. The molecule has 0 bridgehead atoms. The Morgan fingerprint density at radius 3 is 2.30 bits per heavy atom. The number of nitrogens with one attached hydrogen (secondary N) is 2. The lowest BCUT2D eigenvalue weighted by atomic mass is 10.1. The number of benzene rings is 1. The average Bonchev–Trinajstić information content (AvgIpc) is 3.43. The largest absolute Gasteiger partial charge is 0.336 e. The van der Waals surface area contributed by atoms with Crippen molar-refractivity contribution in [1.29, 1.82) is 0 Å². The highest BCUT2D eigenvalue weighted by Gasteiger charge is 2.16. The molecule has 0 aliphatic carbocycles. The van der Waals surface area contributed by atoms with Gasteiger partial charge in [0.1, 0.15) is 16.9 Å². The van der Waals surface area contributed by atoms with Crippen LogP contribution in [0.4, 0.5) is 0 Å². The van der Waals surface area contributed by atoms with Gasteiger partial charge in [-0.2, -0.15) is 5.10 Å². The van der Waals surface area contributed by atoms with Crippen molar-refractivity contribution < 1.29 is 0 Å². The summed E-state index contributed by atoms with van der Waals surface area (Å²) < 4.78 is 0. The molecule has 5 aromatic heterocycles. The van der Waals surface area contributed by atoms with E-state index in [4.69, 9.17) is 4.98 Å². The van der Waals surface area contributed by atoms with E-state index in [1.165, 1.54) is 0 Å². The van der Waals surface area contributed by atoms with Gasteiger partial charge in [0.05, 0.1) is 22.4 Å². The molecule has 1 aromatic carbocycles. The SMILES string of the molecule is c1ccc(-c2ccc3[nH]nc(-c4nc5c(-c6ccccn6)nccc5[nH]4)c3c2)nc1. The summed E-state index contributed by atoms with van der Waals surface area (Å²) in [6.07, 6.45) is 5.31. The zero-order chi connectivity index (χ0) is 19.9. The highest BCUT2D eigenvalue weighted by atomic mass is 15.1. The average molecular weight is 389 g/mol. The molecule has 0 saturated carbocycles. The Morgan fingerprint density at radius 1 is 0.667 bits per heavy atom. The molecule has 7 nitrogen and oxygen atoms in total. The molecule has 30 heavy (non-hydrogen) atoms. The lowest BCUT2D eigenvalue weighted by molar-refractivity contribution is 1.11. The Hall–Kier alpha value is -4.39. The van der Waals surface area contributed by atoms with E-state index >= 15 is 0 Å². The summed E-state index contributed by atoms with van der Waals surface area (Å²) in [5.41, 5.74) is 6.81. The summed E-state index contributed by atoms with van der Waals surface area (Å²) in [5, 5.41) is 8.60. The summed E-state index contributed by atoms with van der Waals surface area (Å²) in [6.45, 7) is 0. The minimum absolute atomic E-state index is 0.680. The molecule has 142 valence electrons. The van der Waals surface area contributed by atoms with Gasteiger partial charge in [0, 0.05) is 29.5 Å². The molecule has 0 fully saturated rings. The van der Waals surface area contributed by atoms with E-state index in [-0.39, 0.29) is 0 Å². The Balaban J connectivity index is 1.52. The Kier molecular flexibility index (Phi) is 3.64. The molecule has 0 atom stereocenters. The molecular weight excluding hydrogens is 374 g/mol. The Morgan fingerprint density at radius 2 is 1.50 bits per heavy atom.